The summed E-state index contributed by atoms with van der Waals surface area (Å²) in [4.78, 5) is 1.86. The van der Waals surface area contributed by atoms with E-state index in [2.05, 4.69) is 0 Å². The molecule has 0 spiro atoms. The Hall–Kier alpha value is -0.290. The Labute approximate surface area is 70.7 Å². The van der Waals surface area contributed by atoms with Crippen LogP contribution in [0, 0.1) is 0 Å². The van der Waals surface area contributed by atoms with Crippen molar-refractivity contribution in [3.63, 3.8) is 0 Å². The minimum Gasteiger partial charge on any atom is -0.305 e. The largest absolute Gasteiger partial charge is 0.457 e. The van der Waals surface area contributed by atoms with Crippen LogP contribution >= 0.6 is 0 Å². The molecule has 0 aliphatic rings. The molecule has 0 saturated heterocycles. The number of hydrogen-bond donors (Lipinski definition) is 1. The Balaban J connectivity index is 3.31. The quantitative estimate of drug-likeness (QED) is 0.650. The zero-order chi connectivity index (χ0) is 9.61. The molecule has 5 heteroatoms. The van der Waals surface area contributed by atoms with Gasteiger partial charge >= 0.3 is 6.30 Å². The van der Waals surface area contributed by atoms with Crippen molar-refractivity contribution in [2.45, 2.75) is 19.6 Å². The number of hydrogen-bond acceptors (Lipinski definition) is 2. The molecule has 0 saturated carbocycles. The number of rotatable bonds is 5. The molecule has 0 radical (unpaired) electrons. The monoisotopic (exact) mass is 184 g/mol. The fourth-order valence-electron chi connectivity index (χ4n) is 0.882. The molecule has 0 aliphatic carbocycles. The lowest BCUT2D eigenvalue weighted by atomic mass is 10.4. The van der Waals surface area contributed by atoms with E-state index in [4.69, 9.17) is 0 Å². The third kappa shape index (κ3) is 7.81. The van der Waals surface area contributed by atoms with Crippen molar-refractivity contribution >= 4 is 0 Å². The molecule has 0 aromatic heterocycles. The van der Waals surface area contributed by atoms with E-state index in [1.165, 1.54) is 5.32 Å². The summed E-state index contributed by atoms with van der Waals surface area (Å²) in [5, 5.41) is 1.47. The van der Waals surface area contributed by atoms with Gasteiger partial charge in [-0.15, -0.1) is 0 Å². The van der Waals surface area contributed by atoms with E-state index in [0.29, 0.717) is 6.54 Å². The van der Waals surface area contributed by atoms with Gasteiger partial charge in [-0.2, -0.15) is 13.2 Å². The Morgan fingerprint density at radius 3 is 2.25 bits per heavy atom. The number of nitrogens with zero attached hydrogens (tertiary/aromatic N) is 1. The predicted molar refractivity (Wildman–Crippen MR) is 41.8 cm³/mol. The van der Waals surface area contributed by atoms with E-state index in [1.54, 1.807) is 0 Å². The second kappa shape index (κ2) is 5.37. The summed E-state index contributed by atoms with van der Waals surface area (Å²) in [5.74, 6) is 0. The van der Waals surface area contributed by atoms with E-state index >= 15 is 0 Å². The van der Waals surface area contributed by atoms with Crippen molar-refractivity contribution in [2.24, 2.45) is 0 Å². The van der Waals surface area contributed by atoms with Gasteiger partial charge in [0, 0.05) is 13.1 Å². The molecule has 0 aliphatic heterocycles. The summed E-state index contributed by atoms with van der Waals surface area (Å²) >= 11 is 0. The first-order chi connectivity index (χ1) is 5.45. The molecule has 0 heterocycles. The van der Waals surface area contributed by atoms with Crippen molar-refractivity contribution in [3.05, 3.63) is 0 Å². The zero-order valence-electron chi connectivity index (χ0n) is 7.41. The van der Waals surface area contributed by atoms with Gasteiger partial charge in [0.05, 0.1) is 0 Å². The lowest BCUT2D eigenvalue weighted by molar-refractivity contribution is -0.157. The van der Waals surface area contributed by atoms with E-state index in [1.807, 2.05) is 18.9 Å². The van der Waals surface area contributed by atoms with Crippen LogP contribution < -0.4 is 5.32 Å². The minimum absolute atomic E-state index is 0.0417. The Morgan fingerprint density at radius 1 is 1.25 bits per heavy atom. The maximum absolute atomic E-state index is 11.6. The molecule has 74 valence electrons. The Kier molecular flexibility index (Phi) is 5.24. The standard InChI is InChI=1S/C7H15F3N2/c1-3-5-12(2)6-4-11-7(8,9)10/h11H,3-6H2,1-2H3. The van der Waals surface area contributed by atoms with Gasteiger partial charge in [-0.1, -0.05) is 6.92 Å². The highest BCUT2D eigenvalue weighted by molar-refractivity contribution is 4.54. The van der Waals surface area contributed by atoms with Gasteiger partial charge in [0.25, 0.3) is 0 Å². The number of likely N-dealkylation sites (N-methyl/N-ethyl adjacent to an activating group) is 1. The van der Waals surface area contributed by atoms with Crippen molar-refractivity contribution in [2.75, 3.05) is 26.7 Å². The molecule has 0 aromatic rings. The summed E-state index contributed by atoms with van der Waals surface area (Å²) in [6.45, 7) is 3.21. The molecule has 2 nitrogen and oxygen atoms in total. The van der Waals surface area contributed by atoms with Crippen LogP contribution in [0.4, 0.5) is 13.2 Å². The van der Waals surface area contributed by atoms with E-state index < -0.39 is 6.30 Å². The number of nitrogens with one attached hydrogen (secondary N) is 1. The van der Waals surface area contributed by atoms with Crippen LogP contribution in [0.1, 0.15) is 13.3 Å². The summed E-state index contributed by atoms with van der Waals surface area (Å²) in [6.07, 6.45) is -3.28. The molecule has 1 N–H and O–H groups in total. The second-order valence-corrected chi connectivity index (χ2v) is 2.73. The van der Waals surface area contributed by atoms with Crippen molar-refractivity contribution < 1.29 is 13.2 Å². The van der Waals surface area contributed by atoms with Gasteiger partial charge in [0.1, 0.15) is 0 Å². The van der Waals surface area contributed by atoms with E-state index in [-0.39, 0.29) is 6.54 Å². The summed E-state index contributed by atoms with van der Waals surface area (Å²) in [5.41, 5.74) is 0. The fourth-order valence-corrected chi connectivity index (χ4v) is 0.882. The molecule has 0 rings (SSSR count). The van der Waals surface area contributed by atoms with Gasteiger partial charge in [-0.25, -0.2) is 5.32 Å². The SMILES string of the molecule is CCCN(C)CCNC(F)(F)F. The van der Waals surface area contributed by atoms with Crippen LogP contribution in [0.3, 0.4) is 0 Å². The lowest BCUT2D eigenvalue weighted by Gasteiger charge is -2.16. The van der Waals surface area contributed by atoms with Crippen molar-refractivity contribution in [1.82, 2.24) is 10.2 Å². The third-order valence-electron chi connectivity index (χ3n) is 1.42. The number of alkyl halides is 3. The lowest BCUT2D eigenvalue weighted by Crippen LogP contribution is -2.37. The first kappa shape index (κ1) is 11.7. The van der Waals surface area contributed by atoms with Crippen molar-refractivity contribution in [3.8, 4) is 0 Å². The number of halogens is 3. The van der Waals surface area contributed by atoms with Crippen LogP contribution in [0.25, 0.3) is 0 Å². The van der Waals surface area contributed by atoms with Crippen LogP contribution in [-0.2, 0) is 0 Å². The van der Waals surface area contributed by atoms with Gasteiger partial charge in [-0.3, -0.25) is 0 Å². The molecule has 0 bridgehead atoms. The first-order valence-electron chi connectivity index (χ1n) is 3.96. The average Bonchev–Trinajstić information content (AvgIpc) is 1.84. The average molecular weight is 184 g/mol. The van der Waals surface area contributed by atoms with Gasteiger partial charge in [0.2, 0.25) is 0 Å². The summed E-state index contributed by atoms with van der Waals surface area (Å²) in [6, 6.07) is 0. The van der Waals surface area contributed by atoms with E-state index in [9.17, 15) is 13.2 Å². The Morgan fingerprint density at radius 2 is 1.83 bits per heavy atom. The second-order valence-electron chi connectivity index (χ2n) is 2.73. The minimum atomic E-state index is -4.24. The molecule has 0 aromatic carbocycles. The van der Waals surface area contributed by atoms with Gasteiger partial charge in [-0.05, 0) is 20.0 Å². The van der Waals surface area contributed by atoms with Crippen LogP contribution in [-0.4, -0.2) is 37.9 Å². The maximum atomic E-state index is 11.6. The zero-order valence-corrected chi connectivity index (χ0v) is 7.41. The molecule has 0 amide bonds. The van der Waals surface area contributed by atoms with Crippen LogP contribution in [0.2, 0.25) is 0 Å². The maximum Gasteiger partial charge on any atom is 0.457 e. The van der Waals surface area contributed by atoms with Crippen LogP contribution in [0.15, 0.2) is 0 Å². The topological polar surface area (TPSA) is 15.3 Å². The molecular formula is C7H15F3N2. The molecule has 0 atom stereocenters. The summed E-state index contributed by atoms with van der Waals surface area (Å²) in [7, 11) is 1.81. The predicted octanol–water partition coefficient (Wildman–Crippen LogP) is 1.44. The Bertz CT molecular complexity index is 114. The van der Waals surface area contributed by atoms with Crippen LogP contribution in [0.5, 0.6) is 0 Å². The van der Waals surface area contributed by atoms with Gasteiger partial charge < -0.3 is 4.90 Å². The highest BCUT2D eigenvalue weighted by atomic mass is 19.4. The highest BCUT2D eigenvalue weighted by Gasteiger charge is 2.25. The smallest absolute Gasteiger partial charge is 0.305 e. The first-order valence-corrected chi connectivity index (χ1v) is 3.96. The normalized spacial score (nSPS) is 12.5. The molecule has 0 fully saturated rings. The highest BCUT2D eigenvalue weighted by Crippen LogP contribution is 2.08. The summed E-state index contributed by atoms with van der Waals surface area (Å²) < 4.78 is 34.7. The molecular weight excluding hydrogens is 169 g/mol. The molecule has 0 unspecified atom stereocenters. The third-order valence-corrected chi connectivity index (χ3v) is 1.42. The molecule has 12 heavy (non-hydrogen) atoms. The fraction of sp³-hybridized carbons (Fsp3) is 1.00. The van der Waals surface area contributed by atoms with Crippen molar-refractivity contribution in [1.29, 1.82) is 0 Å². The van der Waals surface area contributed by atoms with E-state index in [0.717, 1.165) is 13.0 Å². The van der Waals surface area contributed by atoms with Gasteiger partial charge in [0.15, 0.2) is 0 Å².